The van der Waals surface area contributed by atoms with Crippen molar-refractivity contribution in [2.45, 2.75) is 12.8 Å². The lowest BCUT2D eigenvalue weighted by Crippen LogP contribution is -1.92. The number of fused-ring (bicyclic) bond motifs is 3. The average Bonchev–Trinajstić information content (AvgIpc) is 2.73. The number of benzene rings is 2. The molecular formula is C15H12Cl2. The predicted octanol–water partition coefficient (Wildman–Crippen LogP) is 4.69. The van der Waals surface area contributed by atoms with E-state index in [1.54, 1.807) is 0 Å². The number of hydrogen-bond acceptors (Lipinski definition) is 0. The number of aryl methyl sites for hydroxylation is 1. The monoisotopic (exact) mass is 262 g/mol. The predicted molar refractivity (Wildman–Crippen MR) is 74.1 cm³/mol. The van der Waals surface area contributed by atoms with Crippen LogP contribution in [0.2, 0.25) is 5.02 Å². The van der Waals surface area contributed by atoms with E-state index in [0.29, 0.717) is 5.88 Å². The second-order valence-corrected chi connectivity index (χ2v) is 5.09. The van der Waals surface area contributed by atoms with Crippen LogP contribution in [-0.4, -0.2) is 5.88 Å². The van der Waals surface area contributed by atoms with Crippen LogP contribution in [0.5, 0.6) is 0 Å². The second kappa shape index (κ2) is 4.36. The van der Waals surface area contributed by atoms with Gasteiger partial charge in [0.15, 0.2) is 0 Å². The van der Waals surface area contributed by atoms with Gasteiger partial charge in [0.1, 0.15) is 0 Å². The number of alkyl halides is 1. The maximum atomic E-state index is 6.46. The van der Waals surface area contributed by atoms with Gasteiger partial charge < -0.3 is 0 Å². The van der Waals surface area contributed by atoms with Gasteiger partial charge in [-0.25, -0.2) is 0 Å². The van der Waals surface area contributed by atoms with E-state index in [-0.39, 0.29) is 0 Å². The molecule has 1 aliphatic rings. The van der Waals surface area contributed by atoms with Gasteiger partial charge >= 0.3 is 0 Å². The fourth-order valence-corrected chi connectivity index (χ4v) is 3.05. The third-order valence-electron chi connectivity index (χ3n) is 3.36. The minimum absolute atomic E-state index is 0.617. The number of rotatable bonds is 2. The topological polar surface area (TPSA) is 0 Å². The van der Waals surface area contributed by atoms with E-state index >= 15 is 0 Å². The highest BCUT2D eigenvalue weighted by atomic mass is 35.5. The molecule has 0 atom stereocenters. The van der Waals surface area contributed by atoms with E-state index in [1.165, 1.54) is 22.3 Å². The molecular weight excluding hydrogens is 251 g/mol. The molecule has 0 spiro atoms. The largest absolute Gasteiger partial charge is 0.126 e. The smallest absolute Gasteiger partial charge is 0.0479 e. The first-order valence-electron chi connectivity index (χ1n) is 5.75. The van der Waals surface area contributed by atoms with Gasteiger partial charge in [-0.2, -0.15) is 0 Å². The molecule has 0 saturated heterocycles. The lowest BCUT2D eigenvalue weighted by atomic mass is 10.0. The lowest BCUT2D eigenvalue weighted by molar-refractivity contribution is 1.13. The summed E-state index contributed by atoms with van der Waals surface area (Å²) in [5, 5.41) is 0.902. The number of hydrogen-bond donors (Lipinski definition) is 0. The first-order chi connectivity index (χ1) is 8.31. The summed E-state index contributed by atoms with van der Waals surface area (Å²) in [5.74, 6) is 0.617. The average molecular weight is 263 g/mol. The molecule has 2 aromatic carbocycles. The van der Waals surface area contributed by atoms with Gasteiger partial charge in [0, 0.05) is 17.3 Å². The van der Waals surface area contributed by atoms with E-state index in [0.717, 1.165) is 23.4 Å². The Bertz CT molecular complexity index is 573. The quantitative estimate of drug-likeness (QED) is 0.588. The molecule has 0 aromatic heterocycles. The maximum absolute atomic E-state index is 6.46. The van der Waals surface area contributed by atoms with Crippen LogP contribution >= 0.6 is 23.2 Å². The molecule has 0 amide bonds. The zero-order valence-corrected chi connectivity index (χ0v) is 10.9. The van der Waals surface area contributed by atoms with Crippen LogP contribution in [0.4, 0.5) is 0 Å². The van der Waals surface area contributed by atoms with Crippen LogP contribution in [0.1, 0.15) is 16.7 Å². The van der Waals surface area contributed by atoms with Gasteiger partial charge in [-0.15, -0.1) is 11.6 Å². The lowest BCUT2D eigenvalue weighted by Gasteiger charge is -2.08. The molecule has 3 rings (SSSR count). The summed E-state index contributed by atoms with van der Waals surface area (Å²) in [5.41, 5.74) is 6.39. The molecule has 0 N–H and O–H groups in total. The van der Waals surface area contributed by atoms with Gasteiger partial charge in [-0.3, -0.25) is 0 Å². The number of halogens is 2. The Hall–Kier alpha value is -0.980. The molecule has 0 fully saturated rings. The highest BCUT2D eigenvalue weighted by molar-refractivity contribution is 6.33. The second-order valence-electron chi connectivity index (χ2n) is 4.34. The van der Waals surface area contributed by atoms with E-state index in [9.17, 15) is 0 Å². The Morgan fingerprint density at radius 1 is 1.00 bits per heavy atom. The molecule has 0 radical (unpaired) electrons. The molecule has 0 unspecified atom stereocenters. The fourth-order valence-electron chi connectivity index (χ4n) is 2.52. The highest BCUT2D eigenvalue weighted by Gasteiger charge is 2.21. The minimum atomic E-state index is 0.617. The molecule has 2 aromatic rings. The molecule has 17 heavy (non-hydrogen) atoms. The van der Waals surface area contributed by atoms with Crippen molar-refractivity contribution in [2.24, 2.45) is 0 Å². The standard InChI is InChI=1S/C15H12Cl2/c16-8-7-10-5-6-13-12-4-2-1-3-11(12)9-14(13)15(10)17/h1-6H,7-9H2. The summed E-state index contributed by atoms with van der Waals surface area (Å²) >= 11 is 12.3. The Labute approximate surface area is 111 Å². The molecule has 0 bridgehead atoms. The van der Waals surface area contributed by atoms with Gasteiger partial charge in [0.05, 0.1) is 0 Å². The normalized spacial score (nSPS) is 12.4. The molecule has 0 nitrogen and oxygen atoms in total. The summed E-state index contributed by atoms with van der Waals surface area (Å²) < 4.78 is 0. The summed E-state index contributed by atoms with van der Waals surface area (Å²) in [4.78, 5) is 0. The van der Waals surface area contributed by atoms with E-state index in [1.807, 2.05) is 0 Å². The Morgan fingerprint density at radius 2 is 1.82 bits per heavy atom. The maximum Gasteiger partial charge on any atom is 0.0479 e. The molecule has 0 aliphatic heterocycles. The van der Waals surface area contributed by atoms with Crippen molar-refractivity contribution in [1.29, 1.82) is 0 Å². The molecule has 0 heterocycles. The van der Waals surface area contributed by atoms with E-state index in [2.05, 4.69) is 36.4 Å². The van der Waals surface area contributed by atoms with Crippen molar-refractivity contribution >= 4 is 23.2 Å². The van der Waals surface area contributed by atoms with Crippen molar-refractivity contribution in [3.63, 3.8) is 0 Å². The third-order valence-corrected chi connectivity index (χ3v) is 4.02. The van der Waals surface area contributed by atoms with Crippen LogP contribution < -0.4 is 0 Å². The zero-order chi connectivity index (χ0) is 11.8. The highest BCUT2D eigenvalue weighted by Crippen LogP contribution is 2.41. The van der Waals surface area contributed by atoms with Crippen molar-refractivity contribution < 1.29 is 0 Å². The summed E-state index contributed by atoms with van der Waals surface area (Å²) in [6.45, 7) is 0. The summed E-state index contributed by atoms with van der Waals surface area (Å²) in [6.07, 6.45) is 1.78. The van der Waals surface area contributed by atoms with Gasteiger partial charge in [0.25, 0.3) is 0 Å². The Balaban J connectivity index is 2.15. The molecule has 2 heteroatoms. The van der Waals surface area contributed by atoms with Crippen LogP contribution in [0, 0.1) is 0 Å². The van der Waals surface area contributed by atoms with Gasteiger partial charge in [-0.1, -0.05) is 48.0 Å². The van der Waals surface area contributed by atoms with Gasteiger partial charge in [-0.05, 0) is 34.2 Å². The van der Waals surface area contributed by atoms with Crippen molar-refractivity contribution in [2.75, 3.05) is 5.88 Å². The molecule has 1 aliphatic carbocycles. The van der Waals surface area contributed by atoms with Crippen LogP contribution in [0.15, 0.2) is 36.4 Å². The van der Waals surface area contributed by atoms with E-state index < -0.39 is 0 Å². The van der Waals surface area contributed by atoms with Crippen molar-refractivity contribution in [1.82, 2.24) is 0 Å². The minimum Gasteiger partial charge on any atom is -0.126 e. The van der Waals surface area contributed by atoms with Crippen molar-refractivity contribution in [3.05, 3.63) is 58.1 Å². The zero-order valence-electron chi connectivity index (χ0n) is 9.34. The van der Waals surface area contributed by atoms with Crippen LogP contribution in [0.3, 0.4) is 0 Å². The Morgan fingerprint density at radius 3 is 2.65 bits per heavy atom. The van der Waals surface area contributed by atoms with Gasteiger partial charge in [0.2, 0.25) is 0 Å². The van der Waals surface area contributed by atoms with Crippen molar-refractivity contribution in [3.8, 4) is 11.1 Å². The van der Waals surface area contributed by atoms with E-state index in [4.69, 9.17) is 23.2 Å². The SMILES string of the molecule is ClCCc1ccc2c(c1Cl)Cc1ccccc1-2. The third kappa shape index (κ3) is 1.76. The van der Waals surface area contributed by atoms with Crippen LogP contribution in [-0.2, 0) is 12.8 Å². The molecule has 86 valence electrons. The first kappa shape index (κ1) is 11.1. The first-order valence-corrected chi connectivity index (χ1v) is 6.67. The van der Waals surface area contributed by atoms with Crippen LogP contribution in [0.25, 0.3) is 11.1 Å². The Kier molecular flexibility index (Phi) is 2.85. The summed E-state index contributed by atoms with van der Waals surface area (Å²) in [7, 11) is 0. The molecule has 0 saturated carbocycles. The fraction of sp³-hybridized carbons (Fsp3) is 0.200. The summed E-state index contributed by atoms with van der Waals surface area (Å²) in [6, 6.07) is 12.8.